The van der Waals surface area contributed by atoms with E-state index in [2.05, 4.69) is 83.1 Å². The van der Waals surface area contributed by atoms with E-state index < -0.39 is 11.9 Å². The van der Waals surface area contributed by atoms with Crippen molar-refractivity contribution in [1.29, 1.82) is 0 Å². The standard InChI is InChI=1S/3C16H36N.C4H4O4.ClH/c3*1-5-9-13-17(14-10-6-2,15-11-7-3)16-12-8-4;5-3(6)1-2-4(7)8;/h3*5-16H2,1-4H3;1-2H,(H,5,6)(H,7,8);1H/q3*+1;;/p-3/b;;;2-1-;. The van der Waals surface area contributed by atoms with E-state index >= 15 is 0 Å². The molecule has 0 radical (unpaired) electrons. The van der Waals surface area contributed by atoms with Gasteiger partial charge in [0.05, 0.1) is 90.5 Å². The number of quaternary nitrogens is 3. The van der Waals surface area contributed by atoms with E-state index in [9.17, 15) is 19.8 Å². The molecule has 0 amide bonds. The van der Waals surface area contributed by atoms with Crippen LogP contribution in [0.4, 0.5) is 0 Å². The summed E-state index contributed by atoms with van der Waals surface area (Å²) >= 11 is 0. The summed E-state index contributed by atoms with van der Waals surface area (Å²) in [4.78, 5) is 18.8. The van der Waals surface area contributed by atoms with E-state index in [1.54, 1.807) is 0 Å². The lowest BCUT2D eigenvalue weighted by Gasteiger charge is -2.39. The van der Waals surface area contributed by atoms with Gasteiger partial charge in [-0.15, -0.1) is 0 Å². The van der Waals surface area contributed by atoms with E-state index in [0.717, 1.165) is 0 Å². The number of rotatable bonds is 38. The van der Waals surface area contributed by atoms with E-state index in [0.29, 0.717) is 12.2 Å². The Hall–Kier alpha value is -1.15. The lowest BCUT2D eigenvalue weighted by molar-refractivity contribution is -0.929. The molecule has 0 aliphatic rings. The van der Waals surface area contributed by atoms with Gasteiger partial charge in [-0.1, -0.05) is 160 Å². The first-order valence-corrected chi connectivity index (χ1v) is 26.0. The lowest BCUT2D eigenvalue weighted by atomic mass is 10.1. The highest BCUT2D eigenvalue weighted by Crippen LogP contribution is 2.19. The Morgan fingerprint density at radius 1 is 0.283 bits per heavy atom. The first-order chi connectivity index (χ1) is 28.4. The Bertz CT molecular complexity index is 686. The number of halogens is 1. The highest BCUT2D eigenvalue weighted by atomic mass is 35.5. The Labute approximate surface area is 384 Å². The molecule has 0 spiro atoms. The molecular formula is C52H110ClN3O4. The number of nitrogens with zero attached hydrogens (tertiary/aromatic N) is 3. The predicted octanol–water partition coefficient (Wildman–Crippen LogP) is 9.06. The largest absolute Gasteiger partial charge is 1.00 e. The highest BCUT2D eigenvalue weighted by Gasteiger charge is 2.26. The summed E-state index contributed by atoms with van der Waals surface area (Å²) in [6.45, 7) is 45.1. The number of carboxylic acid groups (broad SMARTS) is 2. The monoisotopic (exact) mass is 876 g/mol. The van der Waals surface area contributed by atoms with Gasteiger partial charge >= 0.3 is 0 Å². The molecule has 0 aliphatic heterocycles. The zero-order valence-corrected chi connectivity index (χ0v) is 43.7. The molecule has 364 valence electrons. The maximum absolute atomic E-state index is 9.41. The second-order valence-electron chi connectivity index (χ2n) is 17.9. The van der Waals surface area contributed by atoms with Crippen LogP contribution in [0.5, 0.6) is 0 Å². The van der Waals surface area contributed by atoms with Gasteiger partial charge in [-0.25, -0.2) is 0 Å². The molecule has 60 heavy (non-hydrogen) atoms. The summed E-state index contributed by atoms with van der Waals surface area (Å²) < 4.78 is 4.26. The molecule has 0 fully saturated rings. The summed E-state index contributed by atoms with van der Waals surface area (Å²) in [7, 11) is 0. The van der Waals surface area contributed by atoms with Crippen LogP contribution in [0.15, 0.2) is 12.2 Å². The quantitative estimate of drug-likeness (QED) is 0.0459. The van der Waals surface area contributed by atoms with Gasteiger partial charge in [0.1, 0.15) is 0 Å². The van der Waals surface area contributed by atoms with Gasteiger partial charge in [0, 0.05) is 0 Å². The summed E-state index contributed by atoms with van der Waals surface area (Å²) in [6, 6.07) is 0. The summed E-state index contributed by atoms with van der Waals surface area (Å²) in [5.74, 6) is -3.09. The summed E-state index contributed by atoms with van der Waals surface area (Å²) in [5.41, 5.74) is 0. The average Bonchev–Trinajstić information content (AvgIpc) is 3.24. The molecule has 0 rings (SSSR count). The molecule has 0 aromatic carbocycles. The van der Waals surface area contributed by atoms with Gasteiger partial charge in [-0.2, -0.15) is 0 Å². The van der Waals surface area contributed by atoms with Crippen LogP contribution in [0.3, 0.4) is 0 Å². The molecular weight excluding hydrogens is 766 g/mol. The molecule has 0 saturated heterocycles. The molecule has 0 aliphatic carbocycles. The molecule has 8 heteroatoms. The highest BCUT2D eigenvalue weighted by molar-refractivity contribution is 5.87. The second kappa shape index (κ2) is 50.5. The predicted molar refractivity (Wildman–Crippen MR) is 257 cm³/mol. The van der Waals surface area contributed by atoms with Crippen LogP contribution in [0.2, 0.25) is 0 Å². The van der Waals surface area contributed by atoms with E-state index in [1.807, 2.05) is 0 Å². The first-order valence-electron chi connectivity index (χ1n) is 26.0. The second-order valence-corrected chi connectivity index (χ2v) is 17.9. The minimum atomic E-state index is -1.55. The van der Waals surface area contributed by atoms with Gasteiger partial charge in [0.2, 0.25) is 0 Å². The molecule has 0 heterocycles. The Morgan fingerprint density at radius 2 is 0.383 bits per heavy atom. The Kier molecular flexibility index (Phi) is 57.2. The van der Waals surface area contributed by atoms with Crippen LogP contribution in [-0.4, -0.2) is 104 Å². The van der Waals surface area contributed by atoms with Crippen LogP contribution >= 0.6 is 0 Å². The van der Waals surface area contributed by atoms with Gasteiger partial charge in [-0.3, -0.25) is 0 Å². The Balaban J connectivity index is -0.000000229. The van der Waals surface area contributed by atoms with Crippen molar-refractivity contribution in [3.8, 4) is 0 Å². The number of carbonyl (C=O) groups excluding carboxylic acids is 2. The van der Waals surface area contributed by atoms with Gasteiger partial charge in [0.25, 0.3) is 0 Å². The smallest absolute Gasteiger partial charge is 0.0786 e. The maximum atomic E-state index is 9.41. The molecule has 0 saturated carbocycles. The van der Waals surface area contributed by atoms with Crippen LogP contribution in [0.25, 0.3) is 0 Å². The Morgan fingerprint density at radius 3 is 0.450 bits per heavy atom. The molecule has 0 aromatic rings. The van der Waals surface area contributed by atoms with E-state index in [1.165, 1.54) is 246 Å². The van der Waals surface area contributed by atoms with Crippen molar-refractivity contribution in [1.82, 2.24) is 0 Å². The van der Waals surface area contributed by atoms with Crippen molar-refractivity contribution in [3.63, 3.8) is 0 Å². The molecule has 0 atom stereocenters. The fourth-order valence-electron chi connectivity index (χ4n) is 8.07. The number of carboxylic acids is 2. The minimum Gasteiger partial charge on any atom is -1.00 e. The van der Waals surface area contributed by atoms with Crippen LogP contribution in [0.1, 0.15) is 237 Å². The summed E-state index contributed by atoms with van der Waals surface area (Å²) in [6.07, 6.45) is 34.0. The molecule has 0 bridgehead atoms. The first kappa shape index (κ1) is 67.9. The number of hydrogen-bond donors (Lipinski definition) is 0. The van der Waals surface area contributed by atoms with Crippen molar-refractivity contribution >= 4 is 11.9 Å². The van der Waals surface area contributed by atoms with Crippen LogP contribution in [-0.2, 0) is 9.59 Å². The maximum Gasteiger partial charge on any atom is 0.0786 e. The average molecular weight is 877 g/mol. The van der Waals surface area contributed by atoms with Crippen molar-refractivity contribution in [3.05, 3.63) is 12.2 Å². The normalized spacial score (nSPS) is 11.5. The van der Waals surface area contributed by atoms with Crippen molar-refractivity contribution in [2.75, 3.05) is 78.5 Å². The fourth-order valence-corrected chi connectivity index (χ4v) is 8.07. The molecule has 0 unspecified atom stereocenters. The van der Waals surface area contributed by atoms with Gasteiger partial charge in [-0.05, 0) is 89.2 Å². The van der Waals surface area contributed by atoms with E-state index in [4.69, 9.17) is 0 Å². The van der Waals surface area contributed by atoms with Crippen LogP contribution < -0.4 is 22.6 Å². The number of unbranched alkanes of at least 4 members (excludes halogenated alkanes) is 12. The van der Waals surface area contributed by atoms with Crippen molar-refractivity contribution in [2.24, 2.45) is 0 Å². The van der Waals surface area contributed by atoms with Gasteiger partial charge < -0.3 is 45.7 Å². The molecule has 0 aromatic heterocycles. The van der Waals surface area contributed by atoms with Gasteiger partial charge in [0.15, 0.2) is 0 Å². The number of hydrogen-bond acceptors (Lipinski definition) is 4. The van der Waals surface area contributed by atoms with E-state index in [-0.39, 0.29) is 12.4 Å². The third-order valence-corrected chi connectivity index (χ3v) is 12.2. The lowest BCUT2D eigenvalue weighted by Crippen LogP contribution is -3.00. The minimum absolute atomic E-state index is 0. The van der Waals surface area contributed by atoms with Crippen molar-refractivity contribution in [2.45, 2.75) is 237 Å². The molecule has 0 N–H and O–H groups in total. The van der Waals surface area contributed by atoms with Crippen LogP contribution in [0, 0.1) is 0 Å². The SMILES string of the molecule is CCCC[N+](CCCC)(CCCC)CCCC.CCCC[N+](CCCC)(CCCC)CCCC.CCCC[N+](CCCC)(CCCC)CCCC.O=C([O-])/C=C\C(=O)[O-].[Cl-]. The molecule has 7 nitrogen and oxygen atoms in total. The van der Waals surface area contributed by atoms with Crippen molar-refractivity contribution < 1.29 is 45.7 Å². The zero-order chi connectivity index (χ0) is 45.5. The number of carbonyl (C=O) groups is 2. The fraction of sp³-hybridized carbons (Fsp3) is 0.923. The third kappa shape index (κ3) is 43.5. The topological polar surface area (TPSA) is 80.3 Å². The third-order valence-electron chi connectivity index (χ3n) is 12.2. The number of aliphatic carboxylic acids is 2. The zero-order valence-electron chi connectivity index (χ0n) is 43.0. The summed E-state index contributed by atoms with van der Waals surface area (Å²) in [5, 5.41) is 18.8.